The first-order chi connectivity index (χ1) is 13.1. The number of fused-ring (bicyclic) bond motifs is 1. The van der Waals surface area contributed by atoms with Gasteiger partial charge in [-0.05, 0) is 75.6 Å². The molecular weight excluding hydrogens is 355 g/mol. The second kappa shape index (κ2) is 7.30. The lowest BCUT2D eigenvalue weighted by atomic mass is 10.0. The highest BCUT2D eigenvalue weighted by molar-refractivity contribution is 6.02. The monoisotopic (exact) mass is 382 g/mol. The summed E-state index contributed by atoms with van der Waals surface area (Å²) in [4.78, 5) is 12.3. The summed E-state index contributed by atoms with van der Waals surface area (Å²) in [5, 5.41) is 3.85. The van der Waals surface area contributed by atoms with Gasteiger partial charge >= 0.3 is 6.09 Å². The zero-order valence-electron chi connectivity index (χ0n) is 17.3. The minimum atomic E-state index is -0.573. The zero-order valence-corrected chi connectivity index (χ0v) is 17.3. The molecule has 1 heterocycles. The molecule has 1 aromatic heterocycles. The topological polar surface area (TPSA) is 43.3 Å². The number of rotatable bonds is 3. The van der Waals surface area contributed by atoms with Gasteiger partial charge in [0, 0.05) is 16.8 Å². The van der Waals surface area contributed by atoms with E-state index in [1.165, 1.54) is 12.1 Å². The molecule has 5 heteroatoms. The van der Waals surface area contributed by atoms with E-state index in [2.05, 4.69) is 30.7 Å². The van der Waals surface area contributed by atoms with E-state index in [1.54, 1.807) is 12.1 Å². The largest absolute Gasteiger partial charge is 0.444 e. The third-order valence-corrected chi connectivity index (χ3v) is 4.55. The van der Waals surface area contributed by atoms with Crippen LogP contribution in [0.25, 0.3) is 16.6 Å². The van der Waals surface area contributed by atoms with Gasteiger partial charge in [0.25, 0.3) is 0 Å². The molecule has 0 radical (unpaired) electrons. The summed E-state index contributed by atoms with van der Waals surface area (Å²) in [6.45, 7) is 11.8. The molecule has 1 amide bonds. The Morgan fingerprint density at radius 3 is 2.32 bits per heavy atom. The highest BCUT2D eigenvalue weighted by atomic mass is 19.1. The van der Waals surface area contributed by atoms with Crippen LogP contribution in [0.1, 0.15) is 51.8 Å². The summed E-state index contributed by atoms with van der Waals surface area (Å²) >= 11 is 0. The molecule has 0 fully saturated rings. The van der Waals surface area contributed by atoms with E-state index in [4.69, 9.17) is 4.74 Å². The zero-order chi connectivity index (χ0) is 20.6. The van der Waals surface area contributed by atoms with Crippen molar-refractivity contribution >= 4 is 22.7 Å². The number of carbonyl (C=O) groups is 1. The van der Waals surface area contributed by atoms with E-state index in [-0.39, 0.29) is 11.7 Å². The SMILES string of the molecule is Cc1c(C(C)C)n(-c2ccc(F)cc2)c2cccc(NC(=O)OC(C)(C)C)c12. The van der Waals surface area contributed by atoms with Gasteiger partial charge < -0.3 is 9.30 Å². The normalized spacial score (nSPS) is 11.9. The first kappa shape index (κ1) is 19.9. The van der Waals surface area contributed by atoms with Crippen LogP contribution in [-0.2, 0) is 4.74 Å². The van der Waals surface area contributed by atoms with Crippen LogP contribution in [0.3, 0.4) is 0 Å². The molecule has 0 spiro atoms. The second-order valence-electron chi connectivity index (χ2n) is 8.30. The lowest BCUT2D eigenvalue weighted by molar-refractivity contribution is 0.0636. The molecule has 0 aliphatic heterocycles. The van der Waals surface area contributed by atoms with Crippen molar-refractivity contribution < 1.29 is 13.9 Å². The van der Waals surface area contributed by atoms with E-state index in [1.807, 2.05) is 39.0 Å². The smallest absolute Gasteiger partial charge is 0.412 e. The molecule has 0 atom stereocenters. The van der Waals surface area contributed by atoms with Gasteiger partial charge in [0.2, 0.25) is 0 Å². The molecule has 3 aromatic rings. The Morgan fingerprint density at radius 2 is 1.75 bits per heavy atom. The van der Waals surface area contributed by atoms with E-state index in [0.29, 0.717) is 5.69 Å². The number of benzene rings is 2. The Bertz CT molecular complexity index is 1010. The Labute approximate surface area is 165 Å². The maximum atomic E-state index is 13.5. The number of nitrogens with one attached hydrogen (secondary N) is 1. The summed E-state index contributed by atoms with van der Waals surface area (Å²) in [7, 11) is 0. The molecule has 28 heavy (non-hydrogen) atoms. The van der Waals surface area contributed by atoms with Crippen molar-refractivity contribution in [3.63, 3.8) is 0 Å². The van der Waals surface area contributed by atoms with E-state index in [0.717, 1.165) is 27.8 Å². The average molecular weight is 382 g/mol. The molecule has 0 saturated carbocycles. The van der Waals surface area contributed by atoms with Crippen molar-refractivity contribution in [2.24, 2.45) is 0 Å². The standard InChI is InChI=1S/C23H27FN2O2/c1-14(2)21-15(3)20-18(25-22(27)28-23(4,5)6)8-7-9-19(20)26(21)17-12-10-16(24)11-13-17/h7-14H,1-6H3,(H,25,27). The van der Waals surface area contributed by atoms with Crippen LogP contribution < -0.4 is 5.32 Å². The predicted molar refractivity (Wildman–Crippen MR) is 112 cm³/mol. The van der Waals surface area contributed by atoms with Crippen LogP contribution in [0.4, 0.5) is 14.9 Å². The Morgan fingerprint density at radius 1 is 1.11 bits per heavy atom. The molecule has 148 valence electrons. The van der Waals surface area contributed by atoms with Crippen LogP contribution in [0.5, 0.6) is 0 Å². The van der Waals surface area contributed by atoms with Crippen LogP contribution in [-0.4, -0.2) is 16.3 Å². The number of anilines is 1. The summed E-state index contributed by atoms with van der Waals surface area (Å²) in [6.07, 6.45) is -0.486. The highest BCUT2D eigenvalue weighted by Gasteiger charge is 2.22. The second-order valence-corrected chi connectivity index (χ2v) is 8.30. The molecular formula is C23H27FN2O2. The Kier molecular flexibility index (Phi) is 5.20. The lowest BCUT2D eigenvalue weighted by Gasteiger charge is -2.20. The highest BCUT2D eigenvalue weighted by Crippen LogP contribution is 2.37. The molecule has 2 aromatic carbocycles. The van der Waals surface area contributed by atoms with Crippen molar-refractivity contribution in [2.45, 2.75) is 53.1 Å². The molecule has 3 rings (SSSR count). The maximum Gasteiger partial charge on any atom is 0.412 e. The molecule has 0 aliphatic carbocycles. The van der Waals surface area contributed by atoms with E-state index in [9.17, 15) is 9.18 Å². The molecule has 0 aliphatic rings. The Hall–Kier alpha value is -2.82. The third kappa shape index (κ3) is 3.88. The quantitative estimate of drug-likeness (QED) is 0.558. The summed E-state index contributed by atoms with van der Waals surface area (Å²) in [6, 6.07) is 12.3. The van der Waals surface area contributed by atoms with Crippen molar-refractivity contribution in [3.05, 3.63) is 59.5 Å². The minimum Gasteiger partial charge on any atom is -0.444 e. The fourth-order valence-electron chi connectivity index (χ4n) is 3.62. The number of amides is 1. The fraction of sp³-hybridized carbons (Fsp3) is 0.348. The van der Waals surface area contributed by atoms with Gasteiger partial charge in [0.1, 0.15) is 11.4 Å². The van der Waals surface area contributed by atoms with Gasteiger partial charge in [-0.1, -0.05) is 19.9 Å². The van der Waals surface area contributed by atoms with Crippen molar-refractivity contribution in [2.75, 3.05) is 5.32 Å². The molecule has 1 N–H and O–H groups in total. The summed E-state index contributed by atoms with van der Waals surface area (Å²) < 4.78 is 21.0. The minimum absolute atomic E-state index is 0.242. The van der Waals surface area contributed by atoms with Crippen LogP contribution >= 0.6 is 0 Å². The van der Waals surface area contributed by atoms with Gasteiger partial charge in [0.15, 0.2) is 0 Å². The van der Waals surface area contributed by atoms with Crippen molar-refractivity contribution in [3.8, 4) is 5.69 Å². The predicted octanol–water partition coefficient (Wildman–Crippen LogP) is 6.55. The van der Waals surface area contributed by atoms with Crippen LogP contribution in [0.15, 0.2) is 42.5 Å². The van der Waals surface area contributed by atoms with Crippen molar-refractivity contribution in [1.29, 1.82) is 0 Å². The number of aromatic nitrogens is 1. The number of carbonyl (C=O) groups excluding carboxylic acids is 1. The first-order valence-corrected chi connectivity index (χ1v) is 9.48. The van der Waals surface area contributed by atoms with Gasteiger partial charge in [-0.15, -0.1) is 0 Å². The van der Waals surface area contributed by atoms with Gasteiger partial charge in [-0.3, -0.25) is 5.32 Å². The Balaban J connectivity index is 2.18. The summed E-state index contributed by atoms with van der Waals surface area (Å²) in [5.74, 6) is -0.0258. The number of hydrogen-bond donors (Lipinski definition) is 1. The van der Waals surface area contributed by atoms with Crippen LogP contribution in [0, 0.1) is 12.7 Å². The van der Waals surface area contributed by atoms with E-state index < -0.39 is 11.7 Å². The number of halogens is 1. The third-order valence-electron chi connectivity index (χ3n) is 4.55. The van der Waals surface area contributed by atoms with Gasteiger partial charge in [-0.2, -0.15) is 0 Å². The van der Waals surface area contributed by atoms with Crippen LogP contribution in [0.2, 0.25) is 0 Å². The molecule has 0 saturated heterocycles. The maximum absolute atomic E-state index is 13.5. The van der Waals surface area contributed by atoms with E-state index >= 15 is 0 Å². The molecule has 4 nitrogen and oxygen atoms in total. The number of nitrogens with zero attached hydrogens (tertiary/aromatic N) is 1. The van der Waals surface area contributed by atoms with Crippen molar-refractivity contribution in [1.82, 2.24) is 4.57 Å². The molecule has 0 bridgehead atoms. The van der Waals surface area contributed by atoms with Gasteiger partial charge in [0.05, 0.1) is 11.2 Å². The first-order valence-electron chi connectivity index (χ1n) is 9.48. The summed E-state index contributed by atoms with van der Waals surface area (Å²) in [5.41, 5.74) is 4.18. The van der Waals surface area contributed by atoms with Gasteiger partial charge in [-0.25, -0.2) is 9.18 Å². The number of hydrogen-bond acceptors (Lipinski definition) is 2. The fourth-order valence-corrected chi connectivity index (χ4v) is 3.62. The number of ether oxygens (including phenoxy) is 1. The number of aryl methyl sites for hydroxylation is 1. The average Bonchev–Trinajstić information content (AvgIpc) is 2.88. The molecule has 0 unspecified atom stereocenters. The lowest BCUT2D eigenvalue weighted by Crippen LogP contribution is -2.27.